The number of anilines is 1. The highest BCUT2D eigenvalue weighted by Gasteiger charge is 2.58. The number of nitrogens with one attached hydrogen (secondary N) is 1. The van der Waals surface area contributed by atoms with Gasteiger partial charge in [0.1, 0.15) is 0 Å². The molecule has 2 aromatic rings. The highest BCUT2D eigenvalue weighted by atomic mass is 19.4. The van der Waals surface area contributed by atoms with Crippen molar-refractivity contribution in [1.82, 2.24) is 4.98 Å². The third-order valence-corrected chi connectivity index (χ3v) is 3.99. The molecule has 0 spiro atoms. The SMILES string of the molecule is Cc1ccc(NC(=O)C2CC2C(F)(F)F)cc1-c1ccccn1. The molecule has 0 bridgehead atoms. The molecule has 3 nitrogen and oxygen atoms in total. The Kier molecular flexibility index (Phi) is 3.83. The summed E-state index contributed by atoms with van der Waals surface area (Å²) in [5.41, 5.74) is 3.04. The number of benzene rings is 1. The largest absolute Gasteiger partial charge is 0.392 e. The van der Waals surface area contributed by atoms with Crippen molar-refractivity contribution in [1.29, 1.82) is 0 Å². The van der Waals surface area contributed by atoms with E-state index in [1.54, 1.807) is 24.4 Å². The first-order chi connectivity index (χ1) is 10.9. The summed E-state index contributed by atoms with van der Waals surface area (Å²) in [5, 5.41) is 2.58. The summed E-state index contributed by atoms with van der Waals surface area (Å²) in [6.07, 6.45) is -2.76. The van der Waals surface area contributed by atoms with Crippen LogP contribution in [-0.4, -0.2) is 17.1 Å². The van der Waals surface area contributed by atoms with Crippen LogP contribution in [0.5, 0.6) is 0 Å². The lowest BCUT2D eigenvalue weighted by Crippen LogP contribution is -2.20. The van der Waals surface area contributed by atoms with Gasteiger partial charge >= 0.3 is 6.18 Å². The van der Waals surface area contributed by atoms with Crippen molar-refractivity contribution in [3.8, 4) is 11.3 Å². The molecular formula is C17H15F3N2O. The third kappa shape index (κ3) is 3.36. The molecule has 0 saturated heterocycles. The molecule has 1 aromatic heterocycles. The molecule has 2 unspecified atom stereocenters. The molecule has 0 radical (unpaired) electrons. The zero-order valence-corrected chi connectivity index (χ0v) is 12.4. The zero-order chi connectivity index (χ0) is 16.6. The van der Waals surface area contributed by atoms with Crippen LogP contribution in [0.1, 0.15) is 12.0 Å². The number of alkyl halides is 3. The summed E-state index contributed by atoms with van der Waals surface area (Å²) < 4.78 is 37.6. The van der Waals surface area contributed by atoms with Gasteiger partial charge in [0.2, 0.25) is 5.91 Å². The summed E-state index contributed by atoms with van der Waals surface area (Å²) in [6.45, 7) is 1.91. The Hall–Kier alpha value is -2.37. The highest BCUT2D eigenvalue weighted by Crippen LogP contribution is 2.50. The number of aryl methyl sites for hydroxylation is 1. The molecule has 1 saturated carbocycles. The molecule has 23 heavy (non-hydrogen) atoms. The van der Waals surface area contributed by atoms with E-state index in [1.807, 2.05) is 25.1 Å². The fraction of sp³-hybridized carbons (Fsp3) is 0.294. The quantitative estimate of drug-likeness (QED) is 0.921. The zero-order valence-electron chi connectivity index (χ0n) is 12.4. The fourth-order valence-corrected chi connectivity index (χ4v) is 2.58. The second-order valence-electron chi connectivity index (χ2n) is 5.72. The van der Waals surface area contributed by atoms with E-state index < -0.39 is 23.9 Å². The van der Waals surface area contributed by atoms with Crippen molar-refractivity contribution in [3.63, 3.8) is 0 Å². The molecule has 1 aliphatic rings. The third-order valence-electron chi connectivity index (χ3n) is 3.99. The van der Waals surface area contributed by atoms with Crippen molar-refractivity contribution in [3.05, 3.63) is 48.2 Å². The summed E-state index contributed by atoms with van der Waals surface area (Å²) in [6, 6.07) is 10.7. The van der Waals surface area contributed by atoms with Gasteiger partial charge in [-0.15, -0.1) is 0 Å². The number of carbonyl (C=O) groups excluding carboxylic acids is 1. The second kappa shape index (κ2) is 5.68. The van der Waals surface area contributed by atoms with E-state index in [-0.39, 0.29) is 6.42 Å². The molecule has 1 aliphatic carbocycles. The smallest absolute Gasteiger partial charge is 0.326 e. The Labute approximate surface area is 131 Å². The molecule has 0 aliphatic heterocycles. The summed E-state index contributed by atoms with van der Waals surface area (Å²) in [4.78, 5) is 16.2. The molecule has 2 atom stereocenters. The minimum absolute atomic E-state index is 0.131. The van der Waals surface area contributed by atoms with Gasteiger partial charge in [-0.05, 0) is 43.2 Å². The van der Waals surface area contributed by atoms with Gasteiger partial charge in [-0.2, -0.15) is 13.2 Å². The number of carbonyl (C=O) groups is 1. The van der Waals surface area contributed by atoms with Gasteiger partial charge < -0.3 is 5.32 Å². The maximum atomic E-state index is 12.5. The minimum Gasteiger partial charge on any atom is -0.326 e. The highest BCUT2D eigenvalue weighted by molar-refractivity contribution is 5.95. The Bertz CT molecular complexity index is 728. The van der Waals surface area contributed by atoms with E-state index in [4.69, 9.17) is 0 Å². The van der Waals surface area contributed by atoms with Crippen LogP contribution in [-0.2, 0) is 4.79 Å². The Morgan fingerprint density at radius 3 is 2.65 bits per heavy atom. The standard InChI is InChI=1S/C17H15F3N2O/c1-10-5-6-11(8-12(10)15-4-2-3-7-21-15)22-16(23)13-9-14(13)17(18,19)20/h2-8,13-14H,9H2,1H3,(H,22,23). The van der Waals surface area contributed by atoms with Gasteiger partial charge in [0.05, 0.1) is 17.5 Å². The van der Waals surface area contributed by atoms with Crippen LogP contribution >= 0.6 is 0 Å². The number of hydrogen-bond donors (Lipinski definition) is 1. The minimum atomic E-state index is -4.30. The van der Waals surface area contributed by atoms with Gasteiger partial charge in [0.25, 0.3) is 0 Å². The maximum absolute atomic E-state index is 12.5. The number of amides is 1. The number of pyridine rings is 1. The topological polar surface area (TPSA) is 42.0 Å². The maximum Gasteiger partial charge on any atom is 0.392 e. The van der Waals surface area contributed by atoms with Crippen LogP contribution in [0.3, 0.4) is 0 Å². The molecule has 1 aromatic carbocycles. The molecule has 1 N–H and O–H groups in total. The lowest BCUT2D eigenvalue weighted by Gasteiger charge is -2.10. The molecule has 1 fully saturated rings. The van der Waals surface area contributed by atoms with Crippen molar-refractivity contribution >= 4 is 11.6 Å². The fourth-order valence-electron chi connectivity index (χ4n) is 2.58. The second-order valence-corrected chi connectivity index (χ2v) is 5.72. The monoisotopic (exact) mass is 320 g/mol. The molecule has 1 heterocycles. The summed E-state index contributed by atoms with van der Waals surface area (Å²) >= 11 is 0. The van der Waals surface area contributed by atoms with E-state index in [0.29, 0.717) is 5.69 Å². The lowest BCUT2D eigenvalue weighted by atomic mass is 10.0. The van der Waals surface area contributed by atoms with Gasteiger partial charge in [-0.3, -0.25) is 9.78 Å². The van der Waals surface area contributed by atoms with E-state index >= 15 is 0 Å². The van der Waals surface area contributed by atoms with Crippen LogP contribution < -0.4 is 5.32 Å². The molecule has 1 amide bonds. The van der Waals surface area contributed by atoms with Crippen LogP contribution in [0.4, 0.5) is 18.9 Å². The van der Waals surface area contributed by atoms with Gasteiger partial charge in [-0.25, -0.2) is 0 Å². The number of hydrogen-bond acceptors (Lipinski definition) is 2. The average Bonchev–Trinajstić information content (AvgIpc) is 3.31. The Morgan fingerprint density at radius 1 is 1.26 bits per heavy atom. The molecule has 3 rings (SSSR count). The van der Waals surface area contributed by atoms with Crippen molar-refractivity contribution in [2.75, 3.05) is 5.32 Å². The average molecular weight is 320 g/mol. The van der Waals surface area contributed by atoms with Crippen LogP contribution in [0.25, 0.3) is 11.3 Å². The van der Waals surface area contributed by atoms with Gasteiger partial charge in [-0.1, -0.05) is 12.1 Å². The van der Waals surface area contributed by atoms with E-state index in [2.05, 4.69) is 10.3 Å². The van der Waals surface area contributed by atoms with Crippen LogP contribution in [0, 0.1) is 18.8 Å². The number of halogens is 3. The Balaban J connectivity index is 1.76. The molecular weight excluding hydrogens is 305 g/mol. The first-order valence-corrected chi connectivity index (χ1v) is 7.26. The normalized spacial score (nSPS) is 20.2. The first kappa shape index (κ1) is 15.5. The van der Waals surface area contributed by atoms with Crippen molar-refractivity contribution in [2.24, 2.45) is 11.8 Å². The predicted octanol–water partition coefficient (Wildman–Crippen LogP) is 4.19. The van der Waals surface area contributed by atoms with Gasteiger partial charge in [0.15, 0.2) is 0 Å². The Morgan fingerprint density at radius 2 is 2.04 bits per heavy atom. The van der Waals surface area contributed by atoms with E-state index in [9.17, 15) is 18.0 Å². The number of aromatic nitrogens is 1. The number of rotatable bonds is 3. The molecule has 6 heteroatoms. The van der Waals surface area contributed by atoms with Gasteiger partial charge in [0, 0.05) is 17.4 Å². The summed E-state index contributed by atoms with van der Waals surface area (Å²) in [5.74, 6) is -3.07. The van der Waals surface area contributed by atoms with Crippen LogP contribution in [0.15, 0.2) is 42.6 Å². The lowest BCUT2D eigenvalue weighted by molar-refractivity contribution is -0.153. The summed E-state index contributed by atoms with van der Waals surface area (Å²) in [7, 11) is 0. The number of nitrogens with zero attached hydrogens (tertiary/aromatic N) is 1. The van der Waals surface area contributed by atoms with Crippen LogP contribution in [0.2, 0.25) is 0 Å². The first-order valence-electron chi connectivity index (χ1n) is 7.26. The molecule has 120 valence electrons. The van der Waals surface area contributed by atoms with Crippen molar-refractivity contribution in [2.45, 2.75) is 19.5 Å². The van der Waals surface area contributed by atoms with Crippen molar-refractivity contribution < 1.29 is 18.0 Å². The van der Waals surface area contributed by atoms with E-state index in [1.165, 1.54) is 0 Å². The van der Waals surface area contributed by atoms with E-state index in [0.717, 1.165) is 16.8 Å². The predicted molar refractivity (Wildman–Crippen MR) is 80.7 cm³/mol.